The highest BCUT2D eigenvalue weighted by atomic mass is 16.3. The maximum atomic E-state index is 11.8. The van der Waals surface area contributed by atoms with E-state index < -0.39 is 0 Å². The minimum absolute atomic E-state index is 0.201. The number of hydrogen-bond donors (Lipinski definition) is 3. The number of fused-ring (bicyclic) bond motifs is 3. The summed E-state index contributed by atoms with van der Waals surface area (Å²) >= 11 is 0. The lowest BCUT2D eigenvalue weighted by Crippen LogP contribution is -2.29. The maximum Gasteiger partial charge on any atom is 0.154 e. The van der Waals surface area contributed by atoms with Crippen molar-refractivity contribution in [3.05, 3.63) is 45.5 Å². The molecule has 3 aromatic rings. The number of nitrogens with zero attached hydrogens (tertiary/aromatic N) is 1. The highest BCUT2D eigenvalue weighted by Gasteiger charge is 2.17. The summed E-state index contributed by atoms with van der Waals surface area (Å²) in [6, 6.07) is 3.59. The number of hydrogen-bond acceptors (Lipinski definition) is 3. The molecule has 208 valence electrons. The lowest BCUT2D eigenvalue weighted by molar-refractivity contribution is 0.112. The number of aldehydes is 1. The monoisotopic (exact) mass is 511 g/mol. The van der Waals surface area contributed by atoms with Crippen molar-refractivity contribution in [3.8, 4) is 5.75 Å². The fourth-order valence-electron chi connectivity index (χ4n) is 3.99. The Kier molecular flexibility index (Phi) is 17.1. The Balaban J connectivity index is 0.000000769. The van der Waals surface area contributed by atoms with Gasteiger partial charge in [0, 0.05) is 5.22 Å². The number of aromatic hydroxyl groups is 1. The van der Waals surface area contributed by atoms with Crippen molar-refractivity contribution in [2.45, 2.75) is 107 Å². The molecule has 0 atom stereocenters. The van der Waals surface area contributed by atoms with Gasteiger partial charge in [0.25, 0.3) is 0 Å². The van der Waals surface area contributed by atoms with Crippen molar-refractivity contribution in [2.24, 2.45) is 5.73 Å². The van der Waals surface area contributed by atoms with Gasteiger partial charge in [0.2, 0.25) is 0 Å². The van der Waals surface area contributed by atoms with Crippen LogP contribution in [0.3, 0.4) is 0 Å². The number of unbranched alkanes of at least 4 members (excludes halogenated alkanes) is 3. The maximum absolute atomic E-state index is 11.8. The molecule has 0 aliphatic rings. The van der Waals surface area contributed by atoms with Crippen LogP contribution in [0.1, 0.15) is 116 Å². The van der Waals surface area contributed by atoms with E-state index in [1.807, 2.05) is 13.0 Å². The predicted molar refractivity (Wildman–Crippen MR) is 164 cm³/mol. The summed E-state index contributed by atoms with van der Waals surface area (Å²) in [6.45, 7) is 19.1. The first kappa shape index (κ1) is 34.2. The second-order valence-electron chi connectivity index (χ2n) is 9.17. The average molecular weight is 512 g/mol. The van der Waals surface area contributed by atoms with E-state index in [0.29, 0.717) is 11.1 Å². The Morgan fingerprint density at radius 1 is 1.03 bits per heavy atom. The zero-order valence-electron chi connectivity index (χ0n) is 25.2. The summed E-state index contributed by atoms with van der Waals surface area (Å²) in [5.41, 5.74) is 11.3. The molecule has 0 unspecified atom stereocenters. The normalized spacial score (nSPS) is 12.3. The van der Waals surface area contributed by atoms with Crippen LogP contribution in [-0.2, 0) is 0 Å². The Hall–Kier alpha value is -2.79. The molecule has 0 bridgehead atoms. The number of aryl methyl sites for hydroxylation is 1. The zero-order chi connectivity index (χ0) is 28.5. The molecule has 0 spiro atoms. The standard InChI is InChI=1S/C19H22N2O2.C6H12.C6H14.CH5N/c1-5-7-13-14(10-22)19-20-16-15(23)9-8-12(4)18(16)21(19)17(13)11(3)6-2;1-4-6(3)5-2;1-3-5-6-4-2;1-2/h7-10,20,23H,5-6H2,1-4H3;4H,5H2,1-3H3;3-6H2,1-2H3;2H2,1H3/b13-7+,17-11?;6-4+;;. The van der Waals surface area contributed by atoms with Crippen molar-refractivity contribution in [1.82, 2.24) is 9.38 Å². The van der Waals surface area contributed by atoms with E-state index in [1.54, 1.807) is 6.07 Å². The zero-order valence-corrected chi connectivity index (χ0v) is 25.2. The summed E-state index contributed by atoms with van der Waals surface area (Å²) in [4.78, 5) is 15.0. The number of phenols is 1. The summed E-state index contributed by atoms with van der Waals surface area (Å²) in [5, 5.41) is 12.2. The van der Waals surface area contributed by atoms with Gasteiger partial charge in [-0.3, -0.25) is 9.20 Å². The molecule has 2 aromatic heterocycles. The first-order valence-electron chi connectivity index (χ1n) is 14.0. The largest absolute Gasteiger partial charge is 0.506 e. The molecule has 0 fully saturated rings. The summed E-state index contributed by atoms with van der Waals surface area (Å²) < 4.78 is 2.09. The second-order valence-corrected chi connectivity index (χ2v) is 9.17. The molecule has 0 amide bonds. The van der Waals surface area contributed by atoms with Gasteiger partial charge in [0.15, 0.2) is 6.29 Å². The van der Waals surface area contributed by atoms with E-state index in [2.05, 4.69) is 82.7 Å². The van der Waals surface area contributed by atoms with Crippen LogP contribution in [0.2, 0.25) is 0 Å². The Morgan fingerprint density at radius 3 is 2.03 bits per heavy atom. The molecule has 37 heavy (non-hydrogen) atoms. The van der Waals surface area contributed by atoms with Gasteiger partial charge >= 0.3 is 0 Å². The van der Waals surface area contributed by atoms with Gasteiger partial charge in [-0.05, 0) is 71.2 Å². The van der Waals surface area contributed by atoms with E-state index in [9.17, 15) is 9.90 Å². The highest BCUT2D eigenvalue weighted by Crippen LogP contribution is 2.27. The number of nitrogens with one attached hydrogen (secondary N) is 1. The third-order valence-corrected chi connectivity index (χ3v) is 6.54. The summed E-state index contributed by atoms with van der Waals surface area (Å²) in [7, 11) is 1.50. The van der Waals surface area contributed by atoms with Crippen LogP contribution in [0.25, 0.3) is 28.3 Å². The smallest absolute Gasteiger partial charge is 0.154 e. The summed E-state index contributed by atoms with van der Waals surface area (Å²) in [5.74, 6) is 0.201. The fourth-order valence-corrected chi connectivity index (χ4v) is 3.99. The number of allylic oxidation sites excluding steroid dienone is 2. The number of aromatic amines is 1. The third-order valence-electron chi connectivity index (χ3n) is 6.54. The Bertz CT molecular complexity index is 1240. The van der Waals surface area contributed by atoms with Crippen molar-refractivity contribution < 1.29 is 9.90 Å². The predicted octanol–water partition coefficient (Wildman–Crippen LogP) is 7.54. The molecule has 0 saturated heterocycles. The molecule has 0 radical (unpaired) electrons. The number of imidazole rings is 1. The van der Waals surface area contributed by atoms with Gasteiger partial charge in [-0.15, -0.1) is 0 Å². The van der Waals surface area contributed by atoms with E-state index in [0.717, 1.165) is 46.4 Å². The van der Waals surface area contributed by atoms with Crippen LogP contribution in [0, 0.1) is 6.92 Å². The average Bonchev–Trinajstić information content (AvgIpc) is 3.45. The molecular formula is C32H53N3O2. The molecule has 3 rings (SSSR count). The number of rotatable bonds is 7. The minimum Gasteiger partial charge on any atom is -0.506 e. The number of phenolic OH excluding ortho intramolecular Hbond substituents is 1. The number of carbonyl (C=O) groups excluding carboxylic acids is 1. The van der Waals surface area contributed by atoms with E-state index in [-0.39, 0.29) is 5.75 Å². The second kappa shape index (κ2) is 18.5. The van der Waals surface area contributed by atoms with E-state index in [1.165, 1.54) is 50.3 Å². The fraction of sp³-hybridized carbons (Fsp3) is 0.531. The van der Waals surface area contributed by atoms with Crippen LogP contribution in [0.15, 0.2) is 23.8 Å². The van der Waals surface area contributed by atoms with Gasteiger partial charge in [0.1, 0.15) is 16.9 Å². The number of nitrogens with two attached hydrogens (primary N) is 1. The quantitative estimate of drug-likeness (QED) is 0.174. The first-order valence-corrected chi connectivity index (χ1v) is 14.0. The number of carbonyl (C=O) groups is 1. The summed E-state index contributed by atoms with van der Waals surface area (Å²) in [6.07, 6.45) is 13.6. The molecule has 1 aromatic carbocycles. The van der Waals surface area contributed by atoms with Crippen molar-refractivity contribution in [2.75, 3.05) is 7.05 Å². The molecule has 4 N–H and O–H groups in total. The van der Waals surface area contributed by atoms with Gasteiger partial charge in [0.05, 0.1) is 16.4 Å². The van der Waals surface area contributed by atoms with Gasteiger partial charge < -0.3 is 15.8 Å². The van der Waals surface area contributed by atoms with Crippen LogP contribution < -0.4 is 16.3 Å². The molecule has 0 saturated carbocycles. The number of H-pyrrole nitrogens is 1. The van der Waals surface area contributed by atoms with Crippen LogP contribution >= 0.6 is 0 Å². The van der Waals surface area contributed by atoms with Gasteiger partial charge in [-0.2, -0.15) is 0 Å². The van der Waals surface area contributed by atoms with Crippen LogP contribution in [-0.4, -0.2) is 27.8 Å². The third kappa shape index (κ3) is 8.92. The lowest BCUT2D eigenvalue weighted by atomic mass is 10.1. The highest BCUT2D eigenvalue weighted by molar-refractivity contribution is 5.95. The van der Waals surface area contributed by atoms with Crippen molar-refractivity contribution in [3.63, 3.8) is 0 Å². The molecule has 0 aliphatic carbocycles. The minimum atomic E-state index is 0.201. The Morgan fingerprint density at radius 2 is 1.62 bits per heavy atom. The number of aromatic nitrogens is 2. The SMILES string of the molecule is C/C=C(\C)CC.CC/C=c1\c(C=O)c2[nH]c3c(O)ccc(C)c3n2c1=C(C)CC.CCCCCC.CN. The first-order chi connectivity index (χ1) is 17.8. The van der Waals surface area contributed by atoms with Gasteiger partial charge in [-0.25, -0.2) is 0 Å². The number of benzene rings is 1. The lowest BCUT2D eigenvalue weighted by Gasteiger charge is -2.02. The molecular weight excluding hydrogens is 458 g/mol. The molecule has 5 nitrogen and oxygen atoms in total. The van der Waals surface area contributed by atoms with Crippen LogP contribution in [0.5, 0.6) is 5.75 Å². The van der Waals surface area contributed by atoms with Crippen molar-refractivity contribution in [1.29, 1.82) is 0 Å². The van der Waals surface area contributed by atoms with Crippen molar-refractivity contribution >= 4 is 34.6 Å². The van der Waals surface area contributed by atoms with Gasteiger partial charge in [-0.1, -0.05) is 84.1 Å². The van der Waals surface area contributed by atoms with E-state index in [4.69, 9.17) is 0 Å². The molecule has 0 aliphatic heterocycles. The molecule has 2 heterocycles. The Labute approximate surface area is 225 Å². The topological polar surface area (TPSA) is 83.5 Å². The molecule has 5 heteroatoms. The van der Waals surface area contributed by atoms with E-state index >= 15 is 0 Å². The van der Waals surface area contributed by atoms with Crippen LogP contribution in [0.4, 0.5) is 0 Å².